The maximum absolute atomic E-state index is 14.2. The van der Waals surface area contributed by atoms with Crippen molar-refractivity contribution >= 4 is 5.69 Å². The van der Waals surface area contributed by atoms with Gasteiger partial charge in [0.1, 0.15) is 5.82 Å². The molecule has 1 aliphatic rings. The molecule has 6 heteroatoms. The molecule has 3 rings (SSSR count). The lowest BCUT2D eigenvalue weighted by Crippen LogP contribution is -2.09. The average molecular weight is 261 g/mol. The van der Waals surface area contributed by atoms with Crippen molar-refractivity contribution in [2.75, 3.05) is 5.73 Å². The number of rotatable bonds is 2. The Bertz CT molecular complexity index is 601. The summed E-state index contributed by atoms with van der Waals surface area (Å²) in [7, 11) is 0. The first kappa shape index (κ1) is 12.1. The van der Waals surface area contributed by atoms with Gasteiger partial charge in [-0.25, -0.2) is 9.07 Å². The fourth-order valence-electron chi connectivity index (χ4n) is 2.73. The molecule has 19 heavy (non-hydrogen) atoms. The van der Waals surface area contributed by atoms with E-state index in [2.05, 4.69) is 15.5 Å². The summed E-state index contributed by atoms with van der Waals surface area (Å²) in [5.74, 6) is 0.169. The van der Waals surface area contributed by atoms with Crippen LogP contribution in [0.1, 0.15) is 37.3 Å². The summed E-state index contributed by atoms with van der Waals surface area (Å²) in [5.41, 5.74) is 7.21. The Kier molecular flexibility index (Phi) is 2.93. The third-order valence-corrected chi connectivity index (χ3v) is 3.68. The van der Waals surface area contributed by atoms with Gasteiger partial charge in [0.25, 0.3) is 0 Å². The van der Waals surface area contributed by atoms with Crippen molar-refractivity contribution in [2.24, 2.45) is 0 Å². The number of nitrogens with two attached hydrogens (primary N) is 1. The van der Waals surface area contributed by atoms with Crippen LogP contribution >= 0.6 is 0 Å². The van der Waals surface area contributed by atoms with E-state index in [0.717, 1.165) is 12.8 Å². The molecule has 0 bridgehead atoms. The highest BCUT2D eigenvalue weighted by molar-refractivity contribution is 5.63. The molecule has 0 radical (unpaired) electrons. The number of halogens is 1. The standard InChI is InChI=1S/C13H16FN5/c1-8-6-9(15)7-11(12(8)14)13-16-17-18-19(13)10-4-2-3-5-10/h6-7,10H,2-5,15H2,1H3. The van der Waals surface area contributed by atoms with E-state index in [9.17, 15) is 4.39 Å². The van der Waals surface area contributed by atoms with Gasteiger partial charge in [-0.15, -0.1) is 5.10 Å². The Morgan fingerprint density at radius 2 is 2.05 bits per heavy atom. The van der Waals surface area contributed by atoms with E-state index < -0.39 is 0 Å². The Morgan fingerprint density at radius 1 is 1.32 bits per heavy atom. The predicted molar refractivity (Wildman–Crippen MR) is 69.9 cm³/mol. The van der Waals surface area contributed by atoms with Crippen LogP contribution in [-0.4, -0.2) is 20.2 Å². The molecule has 100 valence electrons. The van der Waals surface area contributed by atoms with E-state index >= 15 is 0 Å². The van der Waals surface area contributed by atoms with Gasteiger partial charge < -0.3 is 5.73 Å². The van der Waals surface area contributed by atoms with Crippen LogP contribution in [0.2, 0.25) is 0 Å². The molecule has 1 aromatic heterocycles. The first-order valence-corrected chi connectivity index (χ1v) is 6.50. The smallest absolute Gasteiger partial charge is 0.185 e. The van der Waals surface area contributed by atoms with Crippen LogP contribution in [-0.2, 0) is 0 Å². The molecular formula is C13H16FN5. The Labute approximate surface area is 110 Å². The highest BCUT2D eigenvalue weighted by Gasteiger charge is 2.24. The van der Waals surface area contributed by atoms with Crippen LogP contribution in [0.15, 0.2) is 12.1 Å². The molecule has 0 unspecified atom stereocenters. The monoisotopic (exact) mass is 261 g/mol. The molecule has 1 aliphatic carbocycles. The number of benzene rings is 1. The second kappa shape index (κ2) is 4.60. The second-order valence-corrected chi connectivity index (χ2v) is 5.08. The highest BCUT2D eigenvalue weighted by atomic mass is 19.1. The number of tetrazole rings is 1. The zero-order valence-electron chi connectivity index (χ0n) is 10.8. The first-order chi connectivity index (χ1) is 9.16. The Balaban J connectivity index is 2.10. The molecule has 1 fully saturated rings. The summed E-state index contributed by atoms with van der Waals surface area (Å²) in [6.45, 7) is 1.69. The van der Waals surface area contributed by atoms with Gasteiger partial charge in [0.15, 0.2) is 5.82 Å². The van der Waals surface area contributed by atoms with Gasteiger partial charge in [-0.3, -0.25) is 0 Å². The minimum Gasteiger partial charge on any atom is -0.399 e. The van der Waals surface area contributed by atoms with Crippen molar-refractivity contribution < 1.29 is 4.39 Å². The van der Waals surface area contributed by atoms with Gasteiger partial charge in [0, 0.05) is 5.69 Å². The molecule has 1 saturated carbocycles. The Hall–Kier alpha value is -1.98. The molecule has 0 aliphatic heterocycles. The van der Waals surface area contributed by atoms with Crippen LogP contribution in [0.4, 0.5) is 10.1 Å². The third kappa shape index (κ3) is 2.07. The summed E-state index contributed by atoms with van der Waals surface area (Å²) in [4.78, 5) is 0. The quantitative estimate of drug-likeness (QED) is 0.843. The van der Waals surface area contributed by atoms with Crippen LogP contribution < -0.4 is 5.73 Å². The molecule has 5 nitrogen and oxygen atoms in total. The molecule has 2 aromatic rings. The zero-order chi connectivity index (χ0) is 13.4. The van der Waals surface area contributed by atoms with Crippen molar-refractivity contribution in [1.29, 1.82) is 0 Å². The lowest BCUT2D eigenvalue weighted by Gasteiger charge is -2.12. The van der Waals surface area contributed by atoms with Crippen molar-refractivity contribution in [1.82, 2.24) is 20.2 Å². The molecule has 1 heterocycles. The normalized spacial score (nSPS) is 16.1. The van der Waals surface area contributed by atoms with Crippen molar-refractivity contribution in [3.05, 3.63) is 23.5 Å². The predicted octanol–water partition coefficient (Wildman–Crippen LogP) is 2.48. The van der Waals surface area contributed by atoms with Gasteiger partial charge in [0.05, 0.1) is 11.6 Å². The van der Waals surface area contributed by atoms with Crippen LogP contribution in [0.5, 0.6) is 0 Å². The van der Waals surface area contributed by atoms with Crippen LogP contribution in [0.25, 0.3) is 11.4 Å². The number of nitrogens with zero attached hydrogens (tertiary/aromatic N) is 4. The van der Waals surface area contributed by atoms with E-state index in [1.807, 2.05) is 0 Å². The van der Waals surface area contributed by atoms with Gasteiger partial charge in [-0.1, -0.05) is 12.8 Å². The molecule has 1 aromatic carbocycles. The van der Waals surface area contributed by atoms with E-state index in [-0.39, 0.29) is 11.9 Å². The molecular weight excluding hydrogens is 245 g/mol. The molecule has 0 spiro atoms. The van der Waals surface area contributed by atoms with E-state index in [0.29, 0.717) is 22.6 Å². The van der Waals surface area contributed by atoms with E-state index in [1.54, 1.807) is 23.7 Å². The third-order valence-electron chi connectivity index (χ3n) is 3.68. The number of hydrogen-bond donors (Lipinski definition) is 1. The second-order valence-electron chi connectivity index (χ2n) is 5.08. The van der Waals surface area contributed by atoms with Crippen LogP contribution in [0.3, 0.4) is 0 Å². The number of nitrogen functional groups attached to an aromatic ring is 1. The maximum Gasteiger partial charge on any atom is 0.185 e. The van der Waals surface area contributed by atoms with E-state index in [1.165, 1.54) is 12.8 Å². The molecule has 2 N–H and O–H groups in total. The number of hydrogen-bond acceptors (Lipinski definition) is 4. The summed E-state index contributed by atoms with van der Waals surface area (Å²) < 4.78 is 16.0. The Morgan fingerprint density at radius 3 is 2.79 bits per heavy atom. The number of aromatic nitrogens is 4. The summed E-state index contributed by atoms with van der Waals surface area (Å²) >= 11 is 0. The minimum absolute atomic E-state index is 0.270. The largest absolute Gasteiger partial charge is 0.399 e. The van der Waals surface area contributed by atoms with Crippen molar-refractivity contribution in [3.8, 4) is 11.4 Å². The summed E-state index contributed by atoms with van der Waals surface area (Å²) in [5, 5.41) is 11.7. The SMILES string of the molecule is Cc1cc(N)cc(-c2nnnn2C2CCCC2)c1F. The summed E-state index contributed by atoms with van der Waals surface area (Å²) in [6.07, 6.45) is 4.42. The van der Waals surface area contributed by atoms with E-state index in [4.69, 9.17) is 5.73 Å². The lowest BCUT2D eigenvalue weighted by molar-refractivity contribution is 0.457. The summed E-state index contributed by atoms with van der Waals surface area (Å²) in [6, 6.07) is 3.48. The maximum atomic E-state index is 14.2. The fraction of sp³-hybridized carbons (Fsp3) is 0.462. The number of anilines is 1. The fourth-order valence-corrected chi connectivity index (χ4v) is 2.73. The minimum atomic E-state index is -0.303. The molecule has 0 amide bonds. The molecule has 0 atom stereocenters. The zero-order valence-corrected chi connectivity index (χ0v) is 10.8. The van der Waals surface area contributed by atoms with Gasteiger partial charge in [0.2, 0.25) is 0 Å². The lowest BCUT2D eigenvalue weighted by atomic mass is 10.1. The van der Waals surface area contributed by atoms with Crippen LogP contribution in [0, 0.1) is 12.7 Å². The van der Waals surface area contributed by atoms with Gasteiger partial charge >= 0.3 is 0 Å². The van der Waals surface area contributed by atoms with Gasteiger partial charge in [-0.05, 0) is 47.9 Å². The van der Waals surface area contributed by atoms with Crippen molar-refractivity contribution in [3.63, 3.8) is 0 Å². The number of aryl methyl sites for hydroxylation is 1. The van der Waals surface area contributed by atoms with Crippen molar-refractivity contribution in [2.45, 2.75) is 38.6 Å². The average Bonchev–Trinajstić information content (AvgIpc) is 3.02. The van der Waals surface area contributed by atoms with Gasteiger partial charge in [-0.2, -0.15) is 0 Å². The molecule has 0 saturated heterocycles. The topological polar surface area (TPSA) is 69.6 Å². The highest BCUT2D eigenvalue weighted by Crippen LogP contribution is 2.33. The first-order valence-electron chi connectivity index (χ1n) is 6.50.